The monoisotopic (exact) mass is 297 g/mol. The second-order valence-electron chi connectivity index (χ2n) is 5.21. The van der Waals surface area contributed by atoms with Gasteiger partial charge >= 0.3 is 5.97 Å². The fourth-order valence-electron chi connectivity index (χ4n) is 2.64. The summed E-state index contributed by atoms with van der Waals surface area (Å²) >= 11 is 0. The molecule has 1 N–H and O–H groups in total. The molecule has 0 spiro atoms. The molecular formula is C14H19NO4S. The van der Waals surface area contributed by atoms with Crippen LogP contribution >= 0.6 is 0 Å². The molecule has 1 fully saturated rings. The van der Waals surface area contributed by atoms with Crippen molar-refractivity contribution in [3.05, 3.63) is 24.3 Å². The summed E-state index contributed by atoms with van der Waals surface area (Å²) in [7, 11) is -3.20. The van der Waals surface area contributed by atoms with Gasteiger partial charge in [0, 0.05) is 24.5 Å². The second-order valence-corrected chi connectivity index (χ2v) is 7.22. The molecule has 1 aliphatic heterocycles. The third-order valence-electron chi connectivity index (χ3n) is 3.63. The summed E-state index contributed by atoms with van der Waals surface area (Å²) in [5, 5.41) is 8.98. The third kappa shape index (κ3) is 3.50. The summed E-state index contributed by atoms with van der Waals surface area (Å²) in [5.41, 5.74) is 0.892. The summed E-state index contributed by atoms with van der Waals surface area (Å²) in [6, 6.07) is 6.67. The first-order chi connectivity index (χ1) is 9.38. The largest absolute Gasteiger partial charge is 0.481 e. The minimum atomic E-state index is -3.20. The Morgan fingerprint density at radius 1 is 1.30 bits per heavy atom. The first kappa shape index (κ1) is 14.8. The molecule has 20 heavy (non-hydrogen) atoms. The van der Waals surface area contributed by atoms with Gasteiger partial charge in [0.2, 0.25) is 0 Å². The quantitative estimate of drug-likeness (QED) is 0.919. The smallest absolute Gasteiger partial charge is 0.305 e. The summed E-state index contributed by atoms with van der Waals surface area (Å²) in [6.07, 6.45) is 4.23. The van der Waals surface area contributed by atoms with Crippen LogP contribution in [0, 0.1) is 0 Å². The number of carboxylic acid groups (broad SMARTS) is 1. The van der Waals surface area contributed by atoms with Crippen molar-refractivity contribution in [1.82, 2.24) is 0 Å². The Hall–Kier alpha value is -1.56. The van der Waals surface area contributed by atoms with Crippen LogP contribution in [0.2, 0.25) is 0 Å². The van der Waals surface area contributed by atoms with E-state index in [2.05, 4.69) is 4.90 Å². The average Bonchev–Trinajstić information content (AvgIpc) is 2.38. The van der Waals surface area contributed by atoms with Crippen LogP contribution in [-0.4, -0.2) is 38.3 Å². The van der Waals surface area contributed by atoms with Crippen molar-refractivity contribution in [1.29, 1.82) is 0 Å². The van der Waals surface area contributed by atoms with Crippen molar-refractivity contribution in [3.8, 4) is 0 Å². The number of aliphatic carboxylic acids is 1. The molecule has 6 heteroatoms. The third-order valence-corrected chi connectivity index (χ3v) is 4.76. The van der Waals surface area contributed by atoms with Crippen LogP contribution in [-0.2, 0) is 14.6 Å². The number of carboxylic acids is 1. The van der Waals surface area contributed by atoms with E-state index in [9.17, 15) is 13.2 Å². The van der Waals surface area contributed by atoms with Crippen molar-refractivity contribution in [2.24, 2.45) is 0 Å². The Bertz CT molecular complexity index is 580. The zero-order valence-electron chi connectivity index (χ0n) is 11.4. The fraction of sp³-hybridized carbons (Fsp3) is 0.500. The van der Waals surface area contributed by atoms with Gasteiger partial charge in [0.05, 0.1) is 11.3 Å². The second kappa shape index (κ2) is 5.83. The van der Waals surface area contributed by atoms with Gasteiger partial charge < -0.3 is 10.0 Å². The van der Waals surface area contributed by atoms with Gasteiger partial charge in [0.15, 0.2) is 9.84 Å². The lowest BCUT2D eigenvalue weighted by molar-refractivity contribution is -0.137. The molecule has 1 aliphatic rings. The molecule has 1 aromatic carbocycles. The van der Waals surface area contributed by atoms with Gasteiger partial charge in [-0.05, 0) is 43.5 Å². The van der Waals surface area contributed by atoms with E-state index in [0.717, 1.165) is 31.5 Å². The molecule has 0 aromatic heterocycles. The van der Waals surface area contributed by atoms with E-state index >= 15 is 0 Å². The molecule has 110 valence electrons. The number of benzene rings is 1. The minimum Gasteiger partial charge on any atom is -0.481 e. The SMILES string of the molecule is CS(=O)(=O)c1ccc(N2CCCCC2CC(=O)O)cc1. The summed E-state index contributed by atoms with van der Waals surface area (Å²) in [6.45, 7) is 0.816. The predicted octanol–water partition coefficient (Wildman–Crippen LogP) is 1.92. The number of anilines is 1. The molecule has 1 unspecified atom stereocenters. The molecule has 1 saturated heterocycles. The van der Waals surface area contributed by atoms with Gasteiger partial charge in [0.25, 0.3) is 0 Å². The van der Waals surface area contributed by atoms with Gasteiger partial charge in [-0.25, -0.2) is 8.42 Å². The number of rotatable bonds is 4. The molecule has 1 atom stereocenters. The van der Waals surface area contributed by atoms with Gasteiger partial charge in [0.1, 0.15) is 0 Å². The number of sulfone groups is 1. The van der Waals surface area contributed by atoms with E-state index in [1.807, 2.05) is 0 Å². The van der Waals surface area contributed by atoms with E-state index in [-0.39, 0.29) is 17.4 Å². The Morgan fingerprint density at radius 3 is 2.50 bits per heavy atom. The molecule has 5 nitrogen and oxygen atoms in total. The minimum absolute atomic E-state index is 0.00895. The van der Waals surface area contributed by atoms with Crippen molar-refractivity contribution < 1.29 is 18.3 Å². The van der Waals surface area contributed by atoms with E-state index in [4.69, 9.17) is 5.11 Å². The van der Waals surface area contributed by atoms with Crippen molar-refractivity contribution in [2.45, 2.75) is 36.6 Å². The lowest BCUT2D eigenvalue weighted by Gasteiger charge is -2.37. The van der Waals surface area contributed by atoms with Crippen LogP contribution in [0.4, 0.5) is 5.69 Å². The first-order valence-corrected chi connectivity index (χ1v) is 8.55. The van der Waals surface area contributed by atoms with Crippen molar-refractivity contribution >= 4 is 21.5 Å². The molecule has 0 saturated carbocycles. The first-order valence-electron chi connectivity index (χ1n) is 6.66. The number of carbonyl (C=O) groups is 1. The molecule has 1 heterocycles. The van der Waals surface area contributed by atoms with E-state index in [1.165, 1.54) is 6.26 Å². The number of piperidine rings is 1. The normalized spacial score (nSPS) is 19.9. The highest BCUT2D eigenvalue weighted by Crippen LogP contribution is 2.27. The molecule has 0 bridgehead atoms. The lowest BCUT2D eigenvalue weighted by Crippen LogP contribution is -2.40. The maximum Gasteiger partial charge on any atom is 0.305 e. The highest BCUT2D eigenvalue weighted by Gasteiger charge is 2.25. The topological polar surface area (TPSA) is 74.7 Å². The van der Waals surface area contributed by atoms with E-state index < -0.39 is 15.8 Å². The Balaban J connectivity index is 2.22. The summed E-state index contributed by atoms with van der Waals surface area (Å²) in [4.78, 5) is 13.3. The number of hydrogen-bond donors (Lipinski definition) is 1. The molecule has 2 rings (SSSR count). The van der Waals surface area contributed by atoms with Gasteiger partial charge in [-0.15, -0.1) is 0 Å². The van der Waals surface area contributed by atoms with Crippen LogP contribution in [0.3, 0.4) is 0 Å². The van der Waals surface area contributed by atoms with Gasteiger partial charge in [-0.3, -0.25) is 4.79 Å². The summed E-state index contributed by atoms with van der Waals surface area (Å²) < 4.78 is 22.9. The number of nitrogens with zero attached hydrogens (tertiary/aromatic N) is 1. The fourth-order valence-corrected chi connectivity index (χ4v) is 3.27. The van der Waals surface area contributed by atoms with Gasteiger partial charge in [-0.1, -0.05) is 0 Å². The molecule has 0 radical (unpaired) electrons. The van der Waals surface area contributed by atoms with E-state index in [1.54, 1.807) is 24.3 Å². The van der Waals surface area contributed by atoms with Crippen molar-refractivity contribution in [3.63, 3.8) is 0 Å². The zero-order valence-corrected chi connectivity index (χ0v) is 12.3. The van der Waals surface area contributed by atoms with Crippen LogP contribution < -0.4 is 4.90 Å². The van der Waals surface area contributed by atoms with Crippen molar-refractivity contribution in [2.75, 3.05) is 17.7 Å². The Kier molecular flexibility index (Phi) is 4.32. The van der Waals surface area contributed by atoms with Crippen LogP contribution in [0.1, 0.15) is 25.7 Å². The molecule has 0 amide bonds. The number of hydrogen-bond acceptors (Lipinski definition) is 4. The van der Waals surface area contributed by atoms with Crippen LogP contribution in [0.15, 0.2) is 29.2 Å². The average molecular weight is 297 g/mol. The maximum atomic E-state index is 11.4. The Morgan fingerprint density at radius 2 is 1.95 bits per heavy atom. The maximum absolute atomic E-state index is 11.4. The lowest BCUT2D eigenvalue weighted by atomic mass is 9.98. The van der Waals surface area contributed by atoms with E-state index in [0.29, 0.717) is 0 Å². The molecular weight excluding hydrogens is 278 g/mol. The molecule has 1 aromatic rings. The highest BCUT2D eigenvalue weighted by molar-refractivity contribution is 7.90. The predicted molar refractivity (Wildman–Crippen MR) is 76.8 cm³/mol. The van der Waals surface area contributed by atoms with Crippen LogP contribution in [0.25, 0.3) is 0 Å². The standard InChI is InChI=1S/C14H19NO4S/c1-20(18,19)13-7-5-11(6-8-13)15-9-3-2-4-12(15)10-14(16)17/h5-8,12H,2-4,9-10H2,1H3,(H,16,17). The zero-order chi connectivity index (χ0) is 14.8. The molecule has 0 aliphatic carbocycles. The van der Waals surface area contributed by atoms with Crippen LogP contribution in [0.5, 0.6) is 0 Å². The Labute approximate surface area is 119 Å². The highest BCUT2D eigenvalue weighted by atomic mass is 32.2. The summed E-state index contributed by atoms with van der Waals surface area (Å²) in [5.74, 6) is -0.797. The van der Waals surface area contributed by atoms with Gasteiger partial charge in [-0.2, -0.15) is 0 Å².